The van der Waals surface area contributed by atoms with Crippen molar-refractivity contribution in [3.8, 4) is 11.3 Å². The van der Waals surface area contributed by atoms with E-state index in [2.05, 4.69) is 10.3 Å². The molecule has 132 valence electrons. The zero-order valence-corrected chi connectivity index (χ0v) is 14.2. The molecule has 0 radical (unpaired) electrons. The maximum atomic E-state index is 12.6. The fraction of sp³-hybridized carbons (Fsp3) is 0.474. The maximum absolute atomic E-state index is 12.6. The Morgan fingerprint density at radius 1 is 1.24 bits per heavy atom. The third-order valence-corrected chi connectivity index (χ3v) is 4.73. The molecule has 1 aliphatic carbocycles. The number of ether oxygens (including phenoxy) is 1. The van der Waals surface area contributed by atoms with Gasteiger partial charge in [0.15, 0.2) is 5.76 Å². The zero-order valence-electron chi connectivity index (χ0n) is 14.2. The van der Waals surface area contributed by atoms with Crippen LogP contribution in [-0.2, 0) is 11.3 Å². The molecule has 2 heterocycles. The number of carbonyl (C=O) groups is 1. The van der Waals surface area contributed by atoms with Crippen LogP contribution in [0.1, 0.15) is 25.2 Å². The Kier molecular flexibility index (Phi) is 4.70. The molecule has 6 nitrogen and oxygen atoms in total. The normalized spacial score (nSPS) is 19.8. The van der Waals surface area contributed by atoms with Crippen molar-refractivity contribution in [2.24, 2.45) is 5.92 Å². The van der Waals surface area contributed by atoms with Crippen molar-refractivity contribution in [1.29, 1.82) is 0 Å². The zero-order chi connectivity index (χ0) is 17.1. The molecule has 2 aromatic rings. The van der Waals surface area contributed by atoms with E-state index in [0.717, 1.165) is 44.6 Å². The van der Waals surface area contributed by atoms with Gasteiger partial charge in [-0.25, -0.2) is 9.78 Å². The fourth-order valence-corrected chi connectivity index (χ4v) is 3.17. The summed E-state index contributed by atoms with van der Waals surface area (Å²) >= 11 is 0. The number of hydrogen-bond donors (Lipinski definition) is 1. The standard InChI is InChI=1S/C19H23N3O3/c23-19(22(16-6-7-16)12-14-8-9-24-13-14)21-11-18-20-10-17(25-18)15-4-2-1-3-5-15/h1-5,10,14,16H,6-9,11-13H2,(H,21,23)/t14-/m1/s1. The summed E-state index contributed by atoms with van der Waals surface area (Å²) in [7, 11) is 0. The average Bonchev–Trinajstić information content (AvgIpc) is 3.16. The number of urea groups is 1. The van der Waals surface area contributed by atoms with Crippen molar-refractivity contribution >= 4 is 6.03 Å². The molecule has 1 aromatic heterocycles. The lowest BCUT2D eigenvalue weighted by molar-refractivity contribution is 0.161. The first-order valence-corrected chi connectivity index (χ1v) is 8.92. The molecule has 0 bridgehead atoms. The molecule has 2 fully saturated rings. The summed E-state index contributed by atoms with van der Waals surface area (Å²) in [6.07, 6.45) is 4.93. The Hall–Kier alpha value is -2.34. The van der Waals surface area contributed by atoms with Crippen LogP contribution in [0.5, 0.6) is 0 Å². The number of amides is 2. The Bertz CT molecular complexity index is 706. The van der Waals surface area contributed by atoms with Crippen molar-refractivity contribution < 1.29 is 13.9 Å². The molecule has 0 spiro atoms. The quantitative estimate of drug-likeness (QED) is 0.877. The van der Waals surface area contributed by atoms with E-state index in [1.54, 1.807) is 6.20 Å². The predicted octanol–water partition coefficient (Wildman–Crippen LogP) is 3.05. The minimum absolute atomic E-state index is 0.0335. The summed E-state index contributed by atoms with van der Waals surface area (Å²) in [6.45, 7) is 2.65. The number of carbonyl (C=O) groups excluding carboxylic acids is 1. The van der Waals surface area contributed by atoms with Crippen LogP contribution in [0.3, 0.4) is 0 Å². The van der Waals surface area contributed by atoms with Gasteiger partial charge in [-0.1, -0.05) is 30.3 Å². The molecule has 25 heavy (non-hydrogen) atoms. The van der Waals surface area contributed by atoms with Crippen molar-refractivity contribution in [2.75, 3.05) is 19.8 Å². The van der Waals surface area contributed by atoms with Crippen molar-refractivity contribution in [3.05, 3.63) is 42.4 Å². The monoisotopic (exact) mass is 341 g/mol. The molecule has 2 amide bonds. The lowest BCUT2D eigenvalue weighted by Crippen LogP contribution is -2.43. The number of oxazole rings is 1. The summed E-state index contributed by atoms with van der Waals surface area (Å²) in [5.41, 5.74) is 0.980. The van der Waals surface area contributed by atoms with E-state index in [1.165, 1.54) is 0 Å². The van der Waals surface area contributed by atoms with Gasteiger partial charge in [0.1, 0.15) is 0 Å². The van der Waals surface area contributed by atoms with Gasteiger partial charge in [-0.3, -0.25) is 0 Å². The Labute approximate surface area is 147 Å². The number of rotatable bonds is 6. The minimum Gasteiger partial charge on any atom is -0.439 e. The third kappa shape index (κ3) is 4.02. The largest absolute Gasteiger partial charge is 0.439 e. The molecule has 4 rings (SSSR count). The highest BCUT2D eigenvalue weighted by molar-refractivity contribution is 5.74. The minimum atomic E-state index is -0.0335. The van der Waals surface area contributed by atoms with Gasteiger partial charge in [0.25, 0.3) is 0 Å². The summed E-state index contributed by atoms with van der Waals surface area (Å²) in [4.78, 5) is 18.8. The molecule has 1 aliphatic heterocycles. The topological polar surface area (TPSA) is 67.6 Å². The molecule has 1 atom stereocenters. The summed E-state index contributed by atoms with van der Waals surface area (Å²) in [5.74, 6) is 1.69. The first-order valence-electron chi connectivity index (χ1n) is 8.92. The van der Waals surface area contributed by atoms with Crippen LogP contribution in [0.15, 0.2) is 40.9 Å². The van der Waals surface area contributed by atoms with E-state index < -0.39 is 0 Å². The van der Waals surface area contributed by atoms with Crippen LogP contribution < -0.4 is 5.32 Å². The Morgan fingerprint density at radius 2 is 2.08 bits per heavy atom. The van der Waals surface area contributed by atoms with Crippen LogP contribution in [0.4, 0.5) is 4.79 Å². The highest BCUT2D eigenvalue weighted by Gasteiger charge is 2.34. The van der Waals surface area contributed by atoms with Crippen LogP contribution >= 0.6 is 0 Å². The van der Waals surface area contributed by atoms with Gasteiger partial charge in [-0.2, -0.15) is 0 Å². The Balaban J connectivity index is 1.33. The first kappa shape index (κ1) is 16.1. The van der Waals surface area contributed by atoms with Gasteiger partial charge in [0.2, 0.25) is 5.89 Å². The Morgan fingerprint density at radius 3 is 2.80 bits per heavy atom. The van der Waals surface area contributed by atoms with Gasteiger partial charge in [0.05, 0.1) is 19.3 Å². The SMILES string of the molecule is O=C(NCc1ncc(-c2ccccc2)o1)N(C[C@H]1CCOC1)C1CC1. The molecular formula is C19H23N3O3. The third-order valence-electron chi connectivity index (χ3n) is 4.73. The molecular weight excluding hydrogens is 318 g/mol. The van der Waals surface area contributed by atoms with Crippen LogP contribution in [-0.4, -0.2) is 41.7 Å². The lowest BCUT2D eigenvalue weighted by Gasteiger charge is -2.25. The molecule has 1 saturated heterocycles. The molecule has 1 N–H and O–H groups in total. The van der Waals surface area contributed by atoms with Crippen molar-refractivity contribution in [2.45, 2.75) is 31.8 Å². The molecule has 0 unspecified atom stereocenters. The highest BCUT2D eigenvalue weighted by atomic mass is 16.5. The maximum Gasteiger partial charge on any atom is 0.318 e. The molecule has 6 heteroatoms. The van der Waals surface area contributed by atoms with E-state index in [1.807, 2.05) is 35.2 Å². The summed E-state index contributed by atoms with van der Waals surface area (Å²) in [6, 6.07) is 10.2. The number of hydrogen-bond acceptors (Lipinski definition) is 4. The van der Waals surface area contributed by atoms with Crippen molar-refractivity contribution in [1.82, 2.24) is 15.2 Å². The highest BCUT2D eigenvalue weighted by Crippen LogP contribution is 2.29. The van der Waals surface area contributed by atoms with E-state index in [0.29, 0.717) is 30.2 Å². The van der Waals surface area contributed by atoms with Crippen LogP contribution in [0, 0.1) is 5.92 Å². The molecule has 1 saturated carbocycles. The number of nitrogens with one attached hydrogen (secondary N) is 1. The van der Waals surface area contributed by atoms with Gasteiger partial charge >= 0.3 is 6.03 Å². The smallest absolute Gasteiger partial charge is 0.318 e. The van der Waals surface area contributed by atoms with E-state index >= 15 is 0 Å². The second-order valence-corrected chi connectivity index (χ2v) is 6.76. The first-order chi connectivity index (χ1) is 12.3. The van der Waals surface area contributed by atoms with Crippen LogP contribution in [0.25, 0.3) is 11.3 Å². The fourth-order valence-electron chi connectivity index (χ4n) is 3.17. The lowest BCUT2D eigenvalue weighted by atomic mass is 10.1. The average molecular weight is 341 g/mol. The second kappa shape index (κ2) is 7.27. The van der Waals surface area contributed by atoms with Gasteiger partial charge < -0.3 is 19.4 Å². The van der Waals surface area contributed by atoms with E-state index in [9.17, 15) is 4.79 Å². The van der Waals surface area contributed by atoms with Gasteiger partial charge in [-0.05, 0) is 19.3 Å². The number of nitrogens with zero attached hydrogens (tertiary/aromatic N) is 2. The van der Waals surface area contributed by atoms with Crippen molar-refractivity contribution in [3.63, 3.8) is 0 Å². The second-order valence-electron chi connectivity index (χ2n) is 6.76. The van der Waals surface area contributed by atoms with Gasteiger partial charge in [-0.15, -0.1) is 0 Å². The molecule has 1 aromatic carbocycles. The number of aromatic nitrogens is 1. The van der Waals surface area contributed by atoms with E-state index in [-0.39, 0.29) is 6.03 Å². The van der Waals surface area contributed by atoms with Crippen LogP contribution in [0.2, 0.25) is 0 Å². The molecule has 2 aliphatic rings. The van der Waals surface area contributed by atoms with Gasteiger partial charge in [0, 0.05) is 30.7 Å². The van der Waals surface area contributed by atoms with E-state index in [4.69, 9.17) is 9.15 Å². The predicted molar refractivity (Wildman–Crippen MR) is 92.8 cm³/mol. The number of benzene rings is 1. The summed E-state index contributed by atoms with van der Waals surface area (Å²) in [5, 5.41) is 2.95. The summed E-state index contributed by atoms with van der Waals surface area (Å²) < 4.78 is 11.2.